The zero-order valence-corrected chi connectivity index (χ0v) is 10.2. The number of ketones is 1. The van der Waals surface area contributed by atoms with Crippen LogP contribution < -0.4 is 0 Å². The summed E-state index contributed by atoms with van der Waals surface area (Å²) in [5, 5.41) is 0. The zero-order chi connectivity index (χ0) is 13.7. The van der Waals surface area contributed by atoms with Crippen molar-refractivity contribution in [2.24, 2.45) is 5.41 Å². The summed E-state index contributed by atoms with van der Waals surface area (Å²) in [6.45, 7) is 1.01. The smallest absolute Gasteiger partial charge is 0.381 e. The van der Waals surface area contributed by atoms with Crippen LogP contribution in [0.4, 0.5) is 13.2 Å². The van der Waals surface area contributed by atoms with Crippen molar-refractivity contribution in [3.63, 3.8) is 0 Å². The Morgan fingerprint density at radius 2 is 1.84 bits per heavy atom. The Morgan fingerprint density at radius 3 is 2.47 bits per heavy atom. The summed E-state index contributed by atoms with van der Waals surface area (Å²) in [7, 11) is 0. The molecule has 102 valence electrons. The Labute approximate surface area is 108 Å². The minimum absolute atomic E-state index is 0.142. The molecule has 0 bridgehead atoms. The molecule has 19 heavy (non-hydrogen) atoms. The van der Waals surface area contributed by atoms with Crippen LogP contribution in [0.15, 0.2) is 18.2 Å². The first-order valence-corrected chi connectivity index (χ1v) is 6.25. The maximum Gasteiger partial charge on any atom is 0.416 e. The van der Waals surface area contributed by atoms with Gasteiger partial charge in [-0.3, -0.25) is 4.79 Å². The average Bonchev–Trinajstić information content (AvgIpc) is 2.62. The number of alkyl halides is 3. The Bertz CT molecular complexity index is 528. The molecule has 1 aliphatic heterocycles. The van der Waals surface area contributed by atoms with Crippen LogP contribution in [-0.2, 0) is 17.3 Å². The largest absolute Gasteiger partial charge is 0.416 e. The number of benzene rings is 1. The molecule has 1 aromatic rings. The van der Waals surface area contributed by atoms with Gasteiger partial charge in [0.15, 0.2) is 5.78 Å². The third kappa shape index (κ3) is 1.96. The van der Waals surface area contributed by atoms with Crippen molar-refractivity contribution >= 4 is 5.78 Å². The lowest BCUT2D eigenvalue weighted by atomic mass is 9.77. The Kier molecular flexibility index (Phi) is 2.71. The van der Waals surface area contributed by atoms with Crippen molar-refractivity contribution in [1.29, 1.82) is 0 Å². The third-order valence-corrected chi connectivity index (χ3v) is 4.14. The molecule has 1 aliphatic carbocycles. The van der Waals surface area contributed by atoms with E-state index in [4.69, 9.17) is 4.74 Å². The SMILES string of the molecule is O=C1c2cc(C(F)(F)F)ccc2CC12CCOCC2. The van der Waals surface area contributed by atoms with Gasteiger partial charge in [-0.2, -0.15) is 13.2 Å². The highest BCUT2D eigenvalue weighted by atomic mass is 19.4. The van der Waals surface area contributed by atoms with Gasteiger partial charge in [-0.15, -0.1) is 0 Å². The van der Waals surface area contributed by atoms with Crippen LogP contribution in [0.5, 0.6) is 0 Å². The molecule has 1 aromatic carbocycles. The second kappa shape index (κ2) is 4.07. The summed E-state index contributed by atoms with van der Waals surface area (Å²) in [4.78, 5) is 12.4. The average molecular weight is 270 g/mol. The van der Waals surface area contributed by atoms with Crippen LogP contribution in [0.3, 0.4) is 0 Å². The van der Waals surface area contributed by atoms with E-state index in [0.717, 1.165) is 17.7 Å². The predicted molar refractivity (Wildman–Crippen MR) is 62.0 cm³/mol. The number of hydrogen-bond donors (Lipinski definition) is 0. The molecule has 0 N–H and O–H groups in total. The highest BCUT2D eigenvalue weighted by Crippen LogP contribution is 2.45. The van der Waals surface area contributed by atoms with E-state index in [1.54, 1.807) is 0 Å². The van der Waals surface area contributed by atoms with Gasteiger partial charge in [0.2, 0.25) is 0 Å². The second-order valence-corrected chi connectivity index (χ2v) is 5.27. The van der Waals surface area contributed by atoms with E-state index < -0.39 is 17.2 Å². The summed E-state index contributed by atoms with van der Waals surface area (Å²) in [6.07, 6.45) is -2.66. The summed E-state index contributed by atoms with van der Waals surface area (Å²) in [6, 6.07) is 3.51. The number of hydrogen-bond acceptors (Lipinski definition) is 2. The molecule has 2 nitrogen and oxygen atoms in total. The van der Waals surface area contributed by atoms with E-state index >= 15 is 0 Å². The molecule has 2 aliphatic rings. The van der Waals surface area contributed by atoms with Gasteiger partial charge in [0, 0.05) is 24.2 Å². The molecule has 0 amide bonds. The van der Waals surface area contributed by atoms with E-state index in [1.807, 2.05) is 0 Å². The van der Waals surface area contributed by atoms with Crippen LogP contribution in [0, 0.1) is 5.41 Å². The van der Waals surface area contributed by atoms with Crippen molar-refractivity contribution < 1.29 is 22.7 Å². The topological polar surface area (TPSA) is 26.3 Å². The van der Waals surface area contributed by atoms with E-state index in [1.165, 1.54) is 6.07 Å². The van der Waals surface area contributed by atoms with Crippen molar-refractivity contribution in [3.05, 3.63) is 34.9 Å². The van der Waals surface area contributed by atoms with Gasteiger partial charge in [0.05, 0.1) is 5.56 Å². The van der Waals surface area contributed by atoms with Gasteiger partial charge in [0.25, 0.3) is 0 Å². The molecule has 0 radical (unpaired) electrons. The van der Waals surface area contributed by atoms with E-state index in [9.17, 15) is 18.0 Å². The highest BCUT2D eigenvalue weighted by Gasteiger charge is 2.47. The fourth-order valence-electron chi connectivity index (χ4n) is 3.01. The van der Waals surface area contributed by atoms with E-state index in [0.29, 0.717) is 32.5 Å². The highest BCUT2D eigenvalue weighted by molar-refractivity contribution is 6.05. The summed E-state index contributed by atoms with van der Waals surface area (Å²) >= 11 is 0. The number of fused-ring (bicyclic) bond motifs is 1. The fraction of sp³-hybridized carbons (Fsp3) is 0.500. The first kappa shape index (κ1) is 12.7. The predicted octanol–water partition coefficient (Wildman–Crippen LogP) is 3.24. The quantitative estimate of drug-likeness (QED) is 0.723. The monoisotopic (exact) mass is 270 g/mol. The lowest BCUT2D eigenvalue weighted by Crippen LogP contribution is -2.34. The molecule has 1 fully saturated rings. The number of carbonyl (C=O) groups excluding carboxylic acids is 1. The molecule has 1 spiro atoms. The molecule has 5 heteroatoms. The summed E-state index contributed by atoms with van der Waals surface area (Å²) < 4.78 is 43.3. The lowest BCUT2D eigenvalue weighted by Gasteiger charge is -2.31. The molecule has 3 rings (SSSR count). The third-order valence-electron chi connectivity index (χ3n) is 4.14. The standard InChI is InChI=1S/C14H13F3O2/c15-14(16,17)10-2-1-9-8-13(3-5-19-6-4-13)12(18)11(9)7-10/h1-2,7H,3-6,8H2. The van der Waals surface area contributed by atoms with Crippen molar-refractivity contribution in [3.8, 4) is 0 Å². The first-order chi connectivity index (χ1) is 8.92. The van der Waals surface area contributed by atoms with Crippen LogP contribution in [0.2, 0.25) is 0 Å². The minimum atomic E-state index is -4.40. The normalized spacial score (nSPS) is 21.7. The lowest BCUT2D eigenvalue weighted by molar-refractivity contribution is -0.137. The number of rotatable bonds is 0. The first-order valence-electron chi connectivity index (χ1n) is 6.25. The van der Waals surface area contributed by atoms with Gasteiger partial charge in [-0.05, 0) is 37.0 Å². The molecule has 0 saturated carbocycles. The summed E-state index contributed by atoms with van der Waals surface area (Å²) in [5.41, 5.74) is -0.287. The number of Topliss-reactive ketones (excluding diaryl/α,β-unsaturated/α-hetero) is 1. The Hall–Kier alpha value is -1.36. The van der Waals surface area contributed by atoms with Gasteiger partial charge in [-0.1, -0.05) is 6.07 Å². The van der Waals surface area contributed by atoms with Gasteiger partial charge in [0.1, 0.15) is 0 Å². The van der Waals surface area contributed by atoms with Crippen molar-refractivity contribution in [1.82, 2.24) is 0 Å². The molecule has 0 atom stereocenters. The molecule has 0 unspecified atom stereocenters. The maximum atomic E-state index is 12.7. The van der Waals surface area contributed by atoms with E-state index in [2.05, 4.69) is 0 Å². The van der Waals surface area contributed by atoms with Crippen LogP contribution in [0.1, 0.15) is 34.3 Å². The van der Waals surface area contributed by atoms with Crippen molar-refractivity contribution in [2.45, 2.75) is 25.4 Å². The zero-order valence-electron chi connectivity index (χ0n) is 10.2. The number of halogens is 3. The van der Waals surface area contributed by atoms with Gasteiger partial charge >= 0.3 is 6.18 Å². The molecule has 1 saturated heterocycles. The molecular formula is C14H13F3O2. The van der Waals surface area contributed by atoms with Crippen LogP contribution >= 0.6 is 0 Å². The van der Waals surface area contributed by atoms with Gasteiger partial charge in [-0.25, -0.2) is 0 Å². The Balaban J connectivity index is 2.00. The second-order valence-electron chi connectivity index (χ2n) is 5.27. The molecular weight excluding hydrogens is 257 g/mol. The number of ether oxygens (including phenoxy) is 1. The van der Waals surface area contributed by atoms with Gasteiger partial charge < -0.3 is 4.74 Å². The van der Waals surface area contributed by atoms with Crippen LogP contribution in [0.25, 0.3) is 0 Å². The molecule has 0 aromatic heterocycles. The van der Waals surface area contributed by atoms with Crippen molar-refractivity contribution in [2.75, 3.05) is 13.2 Å². The fourth-order valence-corrected chi connectivity index (χ4v) is 3.01. The van der Waals surface area contributed by atoms with Crippen LogP contribution in [-0.4, -0.2) is 19.0 Å². The maximum absolute atomic E-state index is 12.7. The van der Waals surface area contributed by atoms with E-state index in [-0.39, 0.29) is 11.3 Å². The summed E-state index contributed by atoms with van der Waals surface area (Å²) in [5.74, 6) is -0.142. The molecule has 1 heterocycles. The minimum Gasteiger partial charge on any atom is -0.381 e. The Morgan fingerprint density at radius 1 is 1.16 bits per heavy atom. The number of carbonyl (C=O) groups is 1.